The number of amides is 2. The van der Waals surface area contributed by atoms with Crippen molar-refractivity contribution in [2.75, 3.05) is 11.9 Å². The van der Waals surface area contributed by atoms with Gasteiger partial charge in [-0.25, -0.2) is 9.07 Å². The summed E-state index contributed by atoms with van der Waals surface area (Å²) in [7, 11) is 0. The number of aromatic nitrogens is 4. The van der Waals surface area contributed by atoms with Crippen LogP contribution in [0.2, 0.25) is 0 Å². The minimum absolute atomic E-state index is 0.000881. The van der Waals surface area contributed by atoms with Crippen molar-refractivity contribution in [3.05, 3.63) is 60.7 Å². The number of hydrogen-bond donors (Lipinski definition) is 1. The number of anilines is 1. The SMILES string of the molecule is O=C(Nc1ccc(-c2cccc(F)c2)cc1)[C@@H]1CCCN1C(=O)Cn1cnnn1. The number of hydrogen-bond acceptors (Lipinski definition) is 5. The van der Waals surface area contributed by atoms with Crippen molar-refractivity contribution in [2.45, 2.75) is 25.4 Å². The number of nitrogens with one attached hydrogen (secondary N) is 1. The zero-order valence-corrected chi connectivity index (χ0v) is 15.5. The highest BCUT2D eigenvalue weighted by molar-refractivity contribution is 5.97. The van der Waals surface area contributed by atoms with Gasteiger partial charge in [-0.2, -0.15) is 0 Å². The van der Waals surface area contributed by atoms with Gasteiger partial charge in [0.2, 0.25) is 11.8 Å². The van der Waals surface area contributed by atoms with E-state index in [1.54, 1.807) is 23.1 Å². The molecule has 0 bridgehead atoms. The van der Waals surface area contributed by atoms with Crippen LogP contribution in [0.25, 0.3) is 11.1 Å². The lowest BCUT2D eigenvalue weighted by Gasteiger charge is -2.23. The first-order valence-corrected chi connectivity index (χ1v) is 9.27. The Bertz CT molecular complexity index is 1010. The van der Waals surface area contributed by atoms with Crippen LogP contribution in [-0.2, 0) is 16.1 Å². The summed E-state index contributed by atoms with van der Waals surface area (Å²) in [5.41, 5.74) is 2.23. The molecule has 0 unspecified atom stereocenters. The number of likely N-dealkylation sites (tertiary alicyclic amines) is 1. The van der Waals surface area contributed by atoms with Crippen molar-refractivity contribution in [3.63, 3.8) is 0 Å². The van der Waals surface area contributed by atoms with E-state index in [0.29, 0.717) is 18.7 Å². The van der Waals surface area contributed by atoms with Crippen molar-refractivity contribution in [3.8, 4) is 11.1 Å². The molecule has 9 heteroatoms. The third kappa shape index (κ3) is 4.29. The van der Waals surface area contributed by atoms with Crippen LogP contribution in [0, 0.1) is 5.82 Å². The monoisotopic (exact) mass is 394 g/mol. The second kappa shape index (κ2) is 8.17. The van der Waals surface area contributed by atoms with Gasteiger partial charge in [0, 0.05) is 12.2 Å². The molecule has 0 spiro atoms. The van der Waals surface area contributed by atoms with Gasteiger partial charge in [0.1, 0.15) is 24.7 Å². The van der Waals surface area contributed by atoms with Crippen molar-refractivity contribution in [1.29, 1.82) is 0 Å². The Morgan fingerprint density at radius 2 is 1.97 bits per heavy atom. The van der Waals surface area contributed by atoms with E-state index in [2.05, 4.69) is 20.8 Å². The molecule has 2 aromatic carbocycles. The Labute approximate surface area is 166 Å². The fourth-order valence-electron chi connectivity index (χ4n) is 3.46. The first-order valence-electron chi connectivity index (χ1n) is 9.27. The molecule has 1 atom stereocenters. The van der Waals surface area contributed by atoms with Crippen LogP contribution in [0.15, 0.2) is 54.9 Å². The van der Waals surface area contributed by atoms with Crippen LogP contribution in [0.3, 0.4) is 0 Å². The highest BCUT2D eigenvalue weighted by atomic mass is 19.1. The number of tetrazole rings is 1. The maximum Gasteiger partial charge on any atom is 0.247 e. The molecule has 1 aliphatic heterocycles. The smallest absolute Gasteiger partial charge is 0.247 e. The molecule has 0 saturated carbocycles. The summed E-state index contributed by atoms with van der Waals surface area (Å²) in [5, 5.41) is 13.6. The third-order valence-corrected chi connectivity index (χ3v) is 4.87. The number of carbonyl (C=O) groups excluding carboxylic acids is 2. The summed E-state index contributed by atoms with van der Waals surface area (Å²) in [6, 6.07) is 13.0. The van der Waals surface area contributed by atoms with Gasteiger partial charge in [0.15, 0.2) is 0 Å². The van der Waals surface area contributed by atoms with Crippen LogP contribution in [-0.4, -0.2) is 49.5 Å². The maximum atomic E-state index is 13.4. The maximum absolute atomic E-state index is 13.4. The largest absolute Gasteiger partial charge is 0.329 e. The minimum Gasteiger partial charge on any atom is -0.329 e. The van der Waals surface area contributed by atoms with Gasteiger partial charge in [-0.05, 0) is 58.7 Å². The van der Waals surface area contributed by atoms with Crippen LogP contribution in [0.4, 0.5) is 10.1 Å². The molecular formula is C20H19FN6O2. The van der Waals surface area contributed by atoms with Gasteiger partial charge in [-0.3, -0.25) is 9.59 Å². The van der Waals surface area contributed by atoms with E-state index in [-0.39, 0.29) is 24.2 Å². The van der Waals surface area contributed by atoms with Crippen molar-refractivity contribution >= 4 is 17.5 Å². The van der Waals surface area contributed by atoms with Crippen LogP contribution < -0.4 is 5.32 Å². The first kappa shape index (κ1) is 18.7. The standard InChI is InChI=1S/C20H19FN6O2/c21-16-4-1-3-15(11-16)14-6-8-17(9-7-14)23-20(29)18-5-2-10-27(18)19(28)12-26-13-22-24-25-26/h1,3-4,6-9,11,13,18H,2,5,10,12H2,(H,23,29)/t18-/m0/s1. The zero-order chi connectivity index (χ0) is 20.2. The highest BCUT2D eigenvalue weighted by Gasteiger charge is 2.34. The number of benzene rings is 2. The van der Waals surface area contributed by atoms with E-state index in [9.17, 15) is 14.0 Å². The third-order valence-electron chi connectivity index (χ3n) is 4.87. The molecule has 1 aromatic heterocycles. The Hall–Kier alpha value is -3.62. The Kier molecular flexibility index (Phi) is 5.28. The van der Waals surface area contributed by atoms with E-state index >= 15 is 0 Å². The summed E-state index contributed by atoms with van der Waals surface area (Å²) in [6.07, 6.45) is 2.73. The number of nitrogens with zero attached hydrogens (tertiary/aromatic N) is 5. The zero-order valence-electron chi connectivity index (χ0n) is 15.5. The predicted octanol–water partition coefficient (Wildman–Crippen LogP) is 2.11. The quantitative estimate of drug-likeness (QED) is 0.715. The van der Waals surface area contributed by atoms with Gasteiger partial charge in [0.25, 0.3) is 0 Å². The van der Waals surface area contributed by atoms with Gasteiger partial charge in [-0.15, -0.1) is 5.10 Å². The van der Waals surface area contributed by atoms with E-state index in [1.165, 1.54) is 23.1 Å². The Morgan fingerprint density at radius 3 is 2.69 bits per heavy atom. The molecule has 2 amide bonds. The van der Waals surface area contributed by atoms with Crippen LogP contribution in [0.5, 0.6) is 0 Å². The average molecular weight is 394 g/mol. The normalized spacial score (nSPS) is 16.0. The molecule has 1 N–H and O–H groups in total. The van der Waals surface area contributed by atoms with E-state index in [4.69, 9.17) is 0 Å². The second-order valence-corrected chi connectivity index (χ2v) is 6.83. The fourth-order valence-corrected chi connectivity index (χ4v) is 3.46. The summed E-state index contributed by atoms with van der Waals surface area (Å²) in [4.78, 5) is 26.8. The summed E-state index contributed by atoms with van der Waals surface area (Å²) < 4.78 is 14.7. The van der Waals surface area contributed by atoms with E-state index < -0.39 is 6.04 Å². The molecule has 0 radical (unpaired) electrons. The first-order chi connectivity index (χ1) is 14.1. The van der Waals surface area contributed by atoms with Crippen molar-refractivity contribution < 1.29 is 14.0 Å². The van der Waals surface area contributed by atoms with Crippen LogP contribution >= 0.6 is 0 Å². The topological polar surface area (TPSA) is 93.0 Å². The van der Waals surface area contributed by atoms with Crippen molar-refractivity contribution in [2.24, 2.45) is 0 Å². The molecule has 148 valence electrons. The lowest BCUT2D eigenvalue weighted by Crippen LogP contribution is -2.44. The lowest BCUT2D eigenvalue weighted by molar-refractivity contribution is -0.137. The minimum atomic E-state index is -0.526. The highest BCUT2D eigenvalue weighted by Crippen LogP contribution is 2.23. The molecule has 2 heterocycles. The molecular weight excluding hydrogens is 375 g/mol. The van der Waals surface area contributed by atoms with E-state index in [0.717, 1.165) is 17.5 Å². The lowest BCUT2D eigenvalue weighted by atomic mass is 10.1. The second-order valence-electron chi connectivity index (χ2n) is 6.83. The Morgan fingerprint density at radius 1 is 1.14 bits per heavy atom. The summed E-state index contributed by atoms with van der Waals surface area (Å²) in [6.45, 7) is 0.524. The Balaban J connectivity index is 1.41. The molecule has 0 aliphatic carbocycles. The molecule has 1 aliphatic rings. The molecule has 8 nitrogen and oxygen atoms in total. The fraction of sp³-hybridized carbons (Fsp3) is 0.250. The van der Waals surface area contributed by atoms with Gasteiger partial charge >= 0.3 is 0 Å². The van der Waals surface area contributed by atoms with Gasteiger partial charge in [-0.1, -0.05) is 24.3 Å². The summed E-state index contributed by atoms with van der Waals surface area (Å²) >= 11 is 0. The molecule has 29 heavy (non-hydrogen) atoms. The van der Waals surface area contributed by atoms with E-state index in [1.807, 2.05) is 18.2 Å². The predicted molar refractivity (Wildman–Crippen MR) is 103 cm³/mol. The van der Waals surface area contributed by atoms with Crippen molar-refractivity contribution in [1.82, 2.24) is 25.1 Å². The number of carbonyl (C=O) groups is 2. The van der Waals surface area contributed by atoms with Gasteiger partial charge < -0.3 is 10.2 Å². The number of halogens is 1. The molecule has 1 fully saturated rings. The average Bonchev–Trinajstić information content (AvgIpc) is 3.40. The molecule has 1 saturated heterocycles. The molecule has 3 aromatic rings. The number of rotatable bonds is 5. The molecule has 4 rings (SSSR count). The van der Waals surface area contributed by atoms with Crippen LogP contribution in [0.1, 0.15) is 12.8 Å². The summed E-state index contributed by atoms with van der Waals surface area (Å²) in [5.74, 6) is -0.727. The van der Waals surface area contributed by atoms with Gasteiger partial charge in [0.05, 0.1) is 0 Å².